The number of methoxy groups -OCH3 is 1. The zero-order valence-electron chi connectivity index (χ0n) is 9.49. The highest BCUT2D eigenvalue weighted by molar-refractivity contribution is 5.78. The van der Waals surface area contributed by atoms with Gasteiger partial charge in [0.05, 0.1) is 13.0 Å². The Kier molecular flexibility index (Phi) is 3.21. The fourth-order valence-corrected chi connectivity index (χ4v) is 1.23. The molecule has 5 nitrogen and oxygen atoms in total. The first kappa shape index (κ1) is 11.8. The summed E-state index contributed by atoms with van der Waals surface area (Å²) in [6.45, 7) is 5.37. The second-order valence-corrected chi connectivity index (χ2v) is 4.62. The summed E-state index contributed by atoms with van der Waals surface area (Å²) >= 11 is 0. The van der Waals surface area contributed by atoms with Crippen molar-refractivity contribution in [2.24, 2.45) is 5.92 Å². The normalized spacial score (nSPS) is 24.3. The molecule has 1 N–H and O–H groups in total. The summed E-state index contributed by atoms with van der Waals surface area (Å²) in [4.78, 5) is 22.3. The maximum Gasteiger partial charge on any atom is 0.407 e. The van der Waals surface area contributed by atoms with Crippen LogP contribution in [0.25, 0.3) is 0 Å². The molecule has 0 heterocycles. The molecular formula is C10H17NO4. The number of nitrogens with one attached hydrogen (secondary N) is 1. The third kappa shape index (κ3) is 3.77. The number of rotatable bonds is 2. The summed E-state index contributed by atoms with van der Waals surface area (Å²) in [5, 5.41) is 2.61. The van der Waals surface area contributed by atoms with Crippen LogP contribution in [0.2, 0.25) is 0 Å². The van der Waals surface area contributed by atoms with Gasteiger partial charge in [0.15, 0.2) is 0 Å². The van der Waals surface area contributed by atoms with Crippen LogP contribution in [0.4, 0.5) is 4.79 Å². The molecule has 0 spiro atoms. The molecule has 0 aliphatic heterocycles. The molecule has 1 fully saturated rings. The number of amides is 1. The summed E-state index contributed by atoms with van der Waals surface area (Å²) in [5.41, 5.74) is -0.514. The van der Waals surface area contributed by atoms with Gasteiger partial charge in [-0.3, -0.25) is 4.79 Å². The number of alkyl carbamates (subject to hydrolysis) is 1. The van der Waals surface area contributed by atoms with Crippen molar-refractivity contribution in [1.82, 2.24) is 5.32 Å². The Labute approximate surface area is 89.1 Å². The van der Waals surface area contributed by atoms with E-state index >= 15 is 0 Å². The van der Waals surface area contributed by atoms with Crippen LogP contribution in [0.5, 0.6) is 0 Å². The molecule has 0 radical (unpaired) electrons. The van der Waals surface area contributed by atoms with Crippen molar-refractivity contribution >= 4 is 12.1 Å². The van der Waals surface area contributed by atoms with Crippen molar-refractivity contribution in [2.75, 3.05) is 7.11 Å². The van der Waals surface area contributed by atoms with E-state index in [0.29, 0.717) is 6.42 Å². The summed E-state index contributed by atoms with van der Waals surface area (Å²) in [6.07, 6.45) is 0.144. The summed E-state index contributed by atoms with van der Waals surface area (Å²) < 4.78 is 9.60. The highest BCUT2D eigenvalue weighted by Crippen LogP contribution is 2.31. The van der Waals surface area contributed by atoms with E-state index < -0.39 is 11.7 Å². The lowest BCUT2D eigenvalue weighted by molar-refractivity contribution is -0.142. The van der Waals surface area contributed by atoms with Gasteiger partial charge in [-0.2, -0.15) is 0 Å². The lowest BCUT2D eigenvalue weighted by Crippen LogP contribution is -2.35. The van der Waals surface area contributed by atoms with Crippen LogP contribution in [-0.2, 0) is 14.3 Å². The first-order chi connectivity index (χ1) is 6.83. The third-order valence-corrected chi connectivity index (χ3v) is 2.00. The predicted octanol–water partition coefficient (Wildman–Crippen LogP) is 1.07. The van der Waals surface area contributed by atoms with Crippen LogP contribution in [0.3, 0.4) is 0 Å². The second-order valence-electron chi connectivity index (χ2n) is 4.62. The number of carbonyl (C=O) groups excluding carboxylic acids is 2. The molecule has 0 unspecified atom stereocenters. The van der Waals surface area contributed by atoms with E-state index in [1.165, 1.54) is 7.11 Å². The first-order valence-electron chi connectivity index (χ1n) is 4.91. The summed E-state index contributed by atoms with van der Waals surface area (Å²) in [5.74, 6) is -0.487. The monoisotopic (exact) mass is 215 g/mol. The molecule has 1 aliphatic carbocycles. The molecule has 2 atom stereocenters. The van der Waals surface area contributed by atoms with Crippen LogP contribution < -0.4 is 5.32 Å². The Hall–Kier alpha value is -1.26. The molecule has 1 amide bonds. The van der Waals surface area contributed by atoms with Crippen LogP contribution in [-0.4, -0.2) is 30.8 Å². The Balaban J connectivity index is 2.28. The highest BCUT2D eigenvalue weighted by atomic mass is 16.6. The van der Waals surface area contributed by atoms with Gasteiger partial charge < -0.3 is 14.8 Å². The summed E-state index contributed by atoms with van der Waals surface area (Å²) in [6, 6.07) is -0.132. The molecule has 1 aliphatic rings. The number of hydrogen-bond acceptors (Lipinski definition) is 4. The van der Waals surface area contributed by atoms with E-state index in [0.717, 1.165) is 0 Å². The maximum atomic E-state index is 11.3. The van der Waals surface area contributed by atoms with E-state index in [9.17, 15) is 9.59 Å². The predicted molar refractivity (Wildman–Crippen MR) is 53.3 cm³/mol. The van der Waals surface area contributed by atoms with Crippen molar-refractivity contribution in [3.63, 3.8) is 0 Å². The van der Waals surface area contributed by atoms with Gasteiger partial charge >= 0.3 is 12.1 Å². The van der Waals surface area contributed by atoms with Crippen molar-refractivity contribution in [3.8, 4) is 0 Å². The molecule has 86 valence electrons. The minimum atomic E-state index is -0.514. The minimum absolute atomic E-state index is 0.132. The fraction of sp³-hybridized carbons (Fsp3) is 0.800. The average Bonchev–Trinajstić information content (AvgIpc) is 2.79. The maximum absolute atomic E-state index is 11.3. The van der Waals surface area contributed by atoms with Crippen LogP contribution in [0.15, 0.2) is 0 Å². The Morgan fingerprint density at radius 1 is 1.33 bits per heavy atom. The van der Waals surface area contributed by atoms with Gasteiger partial charge in [-0.25, -0.2) is 4.79 Å². The molecule has 15 heavy (non-hydrogen) atoms. The van der Waals surface area contributed by atoms with Crippen molar-refractivity contribution < 1.29 is 19.1 Å². The van der Waals surface area contributed by atoms with E-state index in [-0.39, 0.29) is 17.9 Å². The molecule has 1 saturated carbocycles. The smallest absolute Gasteiger partial charge is 0.407 e. The average molecular weight is 215 g/mol. The van der Waals surface area contributed by atoms with Crippen LogP contribution in [0.1, 0.15) is 27.2 Å². The standard InChI is InChI=1S/C10H17NO4/c1-10(2,3)15-9(13)11-7-5-6(7)8(12)14-4/h6-7H,5H2,1-4H3,(H,11,13)/t6-,7-/m0/s1. The Morgan fingerprint density at radius 2 is 1.93 bits per heavy atom. The third-order valence-electron chi connectivity index (χ3n) is 2.00. The summed E-state index contributed by atoms with van der Waals surface area (Å²) in [7, 11) is 1.34. The quantitative estimate of drug-likeness (QED) is 0.700. The molecule has 0 aromatic rings. The van der Waals surface area contributed by atoms with Gasteiger partial charge in [-0.05, 0) is 27.2 Å². The van der Waals surface area contributed by atoms with Gasteiger partial charge in [0.2, 0.25) is 0 Å². The number of esters is 1. The Morgan fingerprint density at radius 3 is 2.40 bits per heavy atom. The van der Waals surface area contributed by atoms with Crippen LogP contribution in [0, 0.1) is 5.92 Å². The second kappa shape index (κ2) is 4.08. The topological polar surface area (TPSA) is 64.6 Å². The lowest BCUT2D eigenvalue weighted by atomic mass is 10.2. The molecule has 0 bridgehead atoms. The minimum Gasteiger partial charge on any atom is -0.469 e. The number of hydrogen-bond donors (Lipinski definition) is 1. The molecular weight excluding hydrogens is 198 g/mol. The zero-order chi connectivity index (χ0) is 11.6. The fourth-order valence-electron chi connectivity index (χ4n) is 1.23. The number of carbonyl (C=O) groups is 2. The largest absolute Gasteiger partial charge is 0.469 e. The van der Waals surface area contributed by atoms with E-state index in [1.54, 1.807) is 20.8 Å². The van der Waals surface area contributed by atoms with Gasteiger partial charge in [0, 0.05) is 6.04 Å². The van der Waals surface area contributed by atoms with Crippen molar-refractivity contribution in [3.05, 3.63) is 0 Å². The molecule has 5 heteroatoms. The van der Waals surface area contributed by atoms with E-state index in [2.05, 4.69) is 10.1 Å². The SMILES string of the molecule is COC(=O)[C@H]1C[C@@H]1NC(=O)OC(C)(C)C. The van der Waals surface area contributed by atoms with Gasteiger partial charge in [0.25, 0.3) is 0 Å². The van der Waals surface area contributed by atoms with E-state index in [4.69, 9.17) is 4.74 Å². The number of ether oxygens (including phenoxy) is 2. The molecule has 1 rings (SSSR count). The van der Waals surface area contributed by atoms with Crippen molar-refractivity contribution in [1.29, 1.82) is 0 Å². The zero-order valence-corrected chi connectivity index (χ0v) is 9.49. The highest BCUT2D eigenvalue weighted by Gasteiger charge is 2.45. The molecule has 0 aromatic heterocycles. The lowest BCUT2D eigenvalue weighted by Gasteiger charge is -2.19. The van der Waals surface area contributed by atoms with Crippen molar-refractivity contribution in [2.45, 2.75) is 38.8 Å². The van der Waals surface area contributed by atoms with Crippen LogP contribution >= 0.6 is 0 Å². The van der Waals surface area contributed by atoms with Gasteiger partial charge in [0.1, 0.15) is 5.60 Å². The first-order valence-corrected chi connectivity index (χ1v) is 4.91. The molecule has 0 aromatic carbocycles. The molecule has 0 saturated heterocycles. The van der Waals surface area contributed by atoms with Gasteiger partial charge in [-0.15, -0.1) is 0 Å². The Bertz CT molecular complexity index is 269. The van der Waals surface area contributed by atoms with E-state index in [1.807, 2.05) is 0 Å². The van der Waals surface area contributed by atoms with Gasteiger partial charge in [-0.1, -0.05) is 0 Å².